The third-order valence-electron chi connectivity index (χ3n) is 4.19. The van der Waals surface area contributed by atoms with Crippen LogP contribution in [0.15, 0.2) is 18.3 Å². The molecule has 3 heteroatoms. The van der Waals surface area contributed by atoms with E-state index in [4.69, 9.17) is 0 Å². The van der Waals surface area contributed by atoms with Crippen molar-refractivity contribution in [2.24, 2.45) is 0 Å². The summed E-state index contributed by atoms with van der Waals surface area (Å²) < 4.78 is 0. The number of aliphatic hydroxyl groups is 1. The minimum Gasteiger partial charge on any atom is -0.389 e. The van der Waals surface area contributed by atoms with E-state index in [9.17, 15) is 5.11 Å². The van der Waals surface area contributed by atoms with Gasteiger partial charge in [0.2, 0.25) is 0 Å². The van der Waals surface area contributed by atoms with E-state index in [-0.39, 0.29) is 0 Å². The summed E-state index contributed by atoms with van der Waals surface area (Å²) in [5, 5.41) is 13.8. The minimum absolute atomic E-state index is 0.305. The van der Waals surface area contributed by atoms with Crippen molar-refractivity contribution in [1.29, 1.82) is 0 Å². The molecule has 0 saturated carbocycles. The van der Waals surface area contributed by atoms with E-state index >= 15 is 0 Å². The Balaban J connectivity index is 2.03. The zero-order valence-corrected chi connectivity index (χ0v) is 11.4. The largest absolute Gasteiger partial charge is 0.389 e. The van der Waals surface area contributed by atoms with Gasteiger partial charge in [0.1, 0.15) is 0 Å². The van der Waals surface area contributed by atoms with Gasteiger partial charge in [-0.15, -0.1) is 0 Å². The first kappa shape index (κ1) is 13.5. The summed E-state index contributed by atoms with van der Waals surface area (Å²) in [6, 6.07) is 4.48. The summed E-state index contributed by atoms with van der Waals surface area (Å²) in [5.41, 5.74) is 1.96. The summed E-state index contributed by atoms with van der Waals surface area (Å²) in [5.74, 6) is 0. The molecule has 0 amide bonds. The van der Waals surface area contributed by atoms with E-state index in [1.165, 1.54) is 17.7 Å². The van der Waals surface area contributed by atoms with Crippen molar-refractivity contribution in [1.82, 2.24) is 10.3 Å². The van der Waals surface area contributed by atoms with Crippen LogP contribution in [0.25, 0.3) is 0 Å². The molecule has 2 rings (SSSR count). The third-order valence-corrected chi connectivity index (χ3v) is 4.19. The molecule has 1 heterocycles. The molecule has 2 N–H and O–H groups in total. The maximum Gasteiger partial charge on any atom is 0.0766 e. The molecule has 0 aliphatic heterocycles. The van der Waals surface area contributed by atoms with E-state index in [1.807, 2.05) is 26.1 Å². The highest BCUT2D eigenvalue weighted by molar-refractivity contribution is 5.25. The maximum atomic E-state index is 10.3. The number of rotatable bonds is 5. The lowest BCUT2D eigenvalue weighted by molar-refractivity contribution is 0.0291. The summed E-state index contributed by atoms with van der Waals surface area (Å²) in [7, 11) is 0. The van der Waals surface area contributed by atoms with Crippen molar-refractivity contribution in [2.75, 3.05) is 6.54 Å². The van der Waals surface area contributed by atoms with Crippen LogP contribution in [0.4, 0.5) is 0 Å². The number of hydrogen-bond acceptors (Lipinski definition) is 3. The van der Waals surface area contributed by atoms with Gasteiger partial charge in [0.25, 0.3) is 0 Å². The SMILES string of the molecule is CCC(O)(CC)CNC1CCCc2cccnc21. The molecule has 0 fully saturated rings. The highest BCUT2D eigenvalue weighted by atomic mass is 16.3. The Morgan fingerprint density at radius 1 is 1.44 bits per heavy atom. The van der Waals surface area contributed by atoms with Crippen molar-refractivity contribution < 1.29 is 5.11 Å². The molecule has 3 nitrogen and oxygen atoms in total. The molecule has 0 aromatic carbocycles. The van der Waals surface area contributed by atoms with Crippen LogP contribution < -0.4 is 5.32 Å². The fraction of sp³-hybridized carbons (Fsp3) is 0.667. The second-order valence-electron chi connectivity index (χ2n) is 5.30. The number of nitrogens with one attached hydrogen (secondary N) is 1. The van der Waals surface area contributed by atoms with E-state index < -0.39 is 5.60 Å². The highest BCUT2D eigenvalue weighted by Crippen LogP contribution is 2.28. The summed E-state index contributed by atoms with van der Waals surface area (Å²) in [4.78, 5) is 4.51. The van der Waals surface area contributed by atoms with E-state index in [2.05, 4.69) is 16.4 Å². The van der Waals surface area contributed by atoms with Crippen LogP contribution in [0.1, 0.15) is 56.8 Å². The highest BCUT2D eigenvalue weighted by Gasteiger charge is 2.26. The van der Waals surface area contributed by atoms with Gasteiger partial charge in [0, 0.05) is 18.8 Å². The number of hydrogen-bond donors (Lipinski definition) is 2. The molecule has 1 aromatic heterocycles. The van der Waals surface area contributed by atoms with Gasteiger partial charge in [0.05, 0.1) is 11.3 Å². The van der Waals surface area contributed by atoms with Gasteiger partial charge in [-0.25, -0.2) is 0 Å². The fourth-order valence-corrected chi connectivity index (χ4v) is 2.62. The Labute approximate surface area is 110 Å². The van der Waals surface area contributed by atoms with E-state index in [0.29, 0.717) is 12.6 Å². The topological polar surface area (TPSA) is 45.1 Å². The number of pyridine rings is 1. The van der Waals surface area contributed by atoms with Crippen LogP contribution in [-0.4, -0.2) is 22.2 Å². The monoisotopic (exact) mass is 248 g/mol. The number of aryl methyl sites for hydroxylation is 1. The molecule has 100 valence electrons. The van der Waals surface area contributed by atoms with Gasteiger partial charge >= 0.3 is 0 Å². The van der Waals surface area contributed by atoms with E-state index in [0.717, 1.165) is 25.7 Å². The Hall–Kier alpha value is -0.930. The quantitative estimate of drug-likeness (QED) is 0.842. The molecule has 1 atom stereocenters. The maximum absolute atomic E-state index is 10.3. The van der Waals surface area contributed by atoms with Crippen molar-refractivity contribution in [2.45, 2.75) is 57.6 Å². The van der Waals surface area contributed by atoms with Crippen LogP contribution in [0, 0.1) is 0 Å². The molecule has 1 aromatic rings. The molecule has 1 aliphatic rings. The first-order chi connectivity index (χ1) is 8.68. The second-order valence-corrected chi connectivity index (χ2v) is 5.30. The predicted molar refractivity (Wildman–Crippen MR) is 73.5 cm³/mol. The Morgan fingerprint density at radius 2 is 2.22 bits per heavy atom. The minimum atomic E-state index is -0.577. The first-order valence-electron chi connectivity index (χ1n) is 7.08. The van der Waals surface area contributed by atoms with Crippen molar-refractivity contribution in [3.8, 4) is 0 Å². The van der Waals surface area contributed by atoms with E-state index in [1.54, 1.807) is 0 Å². The average molecular weight is 248 g/mol. The molecular formula is C15H24N2O. The van der Waals surface area contributed by atoms with Crippen LogP contribution in [0.5, 0.6) is 0 Å². The Kier molecular flexibility index (Phi) is 4.36. The molecule has 0 radical (unpaired) electrons. The second kappa shape index (κ2) is 5.81. The lowest BCUT2D eigenvalue weighted by Gasteiger charge is -2.31. The first-order valence-corrected chi connectivity index (χ1v) is 7.08. The fourth-order valence-electron chi connectivity index (χ4n) is 2.62. The number of aromatic nitrogens is 1. The smallest absolute Gasteiger partial charge is 0.0766 e. The summed E-state index contributed by atoms with van der Waals surface area (Å²) in [6.45, 7) is 4.73. The standard InChI is InChI=1S/C15H24N2O/c1-3-15(18,4-2)11-17-13-9-5-7-12-8-6-10-16-14(12)13/h6,8,10,13,17-18H,3-5,7,9,11H2,1-2H3. The van der Waals surface area contributed by atoms with Crippen LogP contribution in [-0.2, 0) is 6.42 Å². The van der Waals surface area contributed by atoms with Crippen molar-refractivity contribution in [3.63, 3.8) is 0 Å². The number of nitrogens with zero attached hydrogens (tertiary/aromatic N) is 1. The van der Waals surface area contributed by atoms with Gasteiger partial charge in [-0.2, -0.15) is 0 Å². The molecule has 0 bridgehead atoms. The number of fused-ring (bicyclic) bond motifs is 1. The van der Waals surface area contributed by atoms with Crippen molar-refractivity contribution in [3.05, 3.63) is 29.6 Å². The molecule has 1 unspecified atom stereocenters. The van der Waals surface area contributed by atoms with Crippen LogP contribution in [0.2, 0.25) is 0 Å². The van der Waals surface area contributed by atoms with Gasteiger partial charge in [-0.3, -0.25) is 4.98 Å². The third kappa shape index (κ3) is 2.90. The average Bonchev–Trinajstić information content (AvgIpc) is 2.44. The molecular weight excluding hydrogens is 224 g/mol. The van der Waals surface area contributed by atoms with Gasteiger partial charge in [0.15, 0.2) is 0 Å². The van der Waals surface area contributed by atoms with Gasteiger partial charge in [-0.05, 0) is 43.7 Å². The normalized spacial score (nSPS) is 19.6. The predicted octanol–water partition coefficient (Wildman–Crippen LogP) is 2.60. The van der Waals surface area contributed by atoms with Gasteiger partial charge < -0.3 is 10.4 Å². The van der Waals surface area contributed by atoms with Gasteiger partial charge in [-0.1, -0.05) is 19.9 Å². The summed E-state index contributed by atoms with van der Waals surface area (Å²) in [6.07, 6.45) is 6.90. The zero-order valence-electron chi connectivity index (χ0n) is 11.4. The Bertz CT molecular complexity index is 388. The Morgan fingerprint density at radius 3 is 2.94 bits per heavy atom. The van der Waals surface area contributed by atoms with Crippen LogP contribution >= 0.6 is 0 Å². The zero-order chi connectivity index (χ0) is 13.0. The molecule has 0 spiro atoms. The van der Waals surface area contributed by atoms with Crippen LogP contribution in [0.3, 0.4) is 0 Å². The molecule has 18 heavy (non-hydrogen) atoms. The lowest BCUT2D eigenvalue weighted by atomic mass is 9.90. The lowest BCUT2D eigenvalue weighted by Crippen LogP contribution is -2.41. The molecule has 0 saturated heterocycles. The van der Waals surface area contributed by atoms with Crippen molar-refractivity contribution >= 4 is 0 Å². The summed E-state index contributed by atoms with van der Waals surface area (Å²) >= 11 is 0. The molecule has 1 aliphatic carbocycles.